The zero-order valence-corrected chi connectivity index (χ0v) is 23.1. The van der Waals surface area contributed by atoms with E-state index in [4.69, 9.17) is 14.2 Å². The average molecular weight is 574 g/mol. The van der Waals surface area contributed by atoms with Crippen molar-refractivity contribution in [3.8, 4) is 17.2 Å². The minimum absolute atomic E-state index is 0. The molecule has 0 spiro atoms. The van der Waals surface area contributed by atoms with Gasteiger partial charge in [-0.15, -0.1) is 0 Å². The molecular weight excluding hydrogens is 540 g/mol. The number of halogens is 6. The van der Waals surface area contributed by atoms with Gasteiger partial charge in [0.25, 0.3) is 0 Å². The molecule has 39 heavy (non-hydrogen) atoms. The van der Waals surface area contributed by atoms with Gasteiger partial charge in [0, 0.05) is 17.7 Å². The van der Waals surface area contributed by atoms with Crippen LogP contribution in [0, 0.1) is 17.8 Å². The summed E-state index contributed by atoms with van der Waals surface area (Å²) in [5.74, 6) is 0.850. The maximum absolute atomic E-state index is 13.7. The van der Waals surface area contributed by atoms with Crippen LogP contribution in [0.15, 0.2) is 30.3 Å². The van der Waals surface area contributed by atoms with Crippen LogP contribution in [0.5, 0.6) is 17.2 Å². The van der Waals surface area contributed by atoms with Crippen molar-refractivity contribution >= 4 is 38.3 Å². The van der Waals surface area contributed by atoms with Crippen molar-refractivity contribution in [1.82, 2.24) is 0 Å². The molecule has 2 rings (SSSR count). The van der Waals surface area contributed by atoms with E-state index in [0.717, 1.165) is 0 Å². The molecule has 0 N–H and O–H groups in total. The second-order valence-electron chi connectivity index (χ2n) is 10.1. The Bertz CT molecular complexity index is 1040. The van der Waals surface area contributed by atoms with Gasteiger partial charge in [0.1, 0.15) is 17.2 Å². The molecule has 0 bridgehead atoms. The van der Waals surface area contributed by atoms with Gasteiger partial charge in [-0.1, -0.05) is 47.6 Å². The van der Waals surface area contributed by atoms with E-state index in [9.17, 15) is 31.1 Å². The van der Waals surface area contributed by atoms with Crippen molar-refractivity contribution < 1.29 is 45.3 Å². The van der Waals surface area contributed by atoms with Crippen LogP contribution >= 0.6 is 8.58 Å². The van der Waals surface area contributed by atoms with E-state index in [-0.39, 0.29) is 66.6 Å². The molecule has 0 saturated carbocycles. The first kappa shape index (κ1) is 35.1. The molecule has 0 aliphatic rings. The molecule has 2 aromatic carbocycles. The molecule has 0 heterocycles. The number of carbonyl (C=O) groups excluding carboxylic acids is 1. The number of rotatable bonds is 12. The van der Waals surface area contributed by atoms with Gasteiger partial charge in [0.2, 0.25) is 0 Å². The Morgan fingerprint density at radius 1 is 0.744 bits per heavy atom. The van der Waals surface area contributed by atoms with Crippen LogP contribution in [0.2, 0.25) is 0 Å². The molecule has 1 atom stereocenters. The number of ether oxygens (including phenoxy) is 3. The van der Waals surface area contributed by atoms with Crippen molar-refractivity contribution in [2.75, 3.05) is 19.8 Å². The molecular formula is C27H34F6LiO4P. The van der Waals surface area contributed by atoms with E-state index in [1.807, 2.05) is 41.5 Å². The van der Waals surface area contributed by atoms with E-state index in [0.29, 0.717) is 30.6 Å². The number of benzene rings is 2. The van der Waals surface area contributed by atoms with Crippen LogP contribution in [0.1, 0.15) is 63.0 Å². The molecule has 0 aromatic heterocycles. The van der Waals surface area contributed by atoms with Crippen LogP contribution in [0.4, 0.5) is 26.3 Å². The van der Waals surface area contributed by atoms with Crippen molar-refractivity contribution in [3.05, 3.63) is 47.0 Å². The third kappa shape index (κ3) is 10.6. The molecule has 0 fully saturated rings. The molecule has 0 aliphatic carbocycles. The Morgan fingerprint density at radius 3 is 1.49 bits per heavy atom. The summed E-state index contributed by atoms with van der Waals surface area (Å²) in [6.45, 7) is 12.1. The molecule has 214 valence electrons. The van der Waals surface area contributed by atoms with Gasteiger partial charge < -0.3 is 14.2 Å². The van der Waals surface area contributed by atoms with E-state index >= 15 is 0 Å². The van der Waals surface area contributed by atoms with Crippen LogP contribution in [-0.2, 0) is 12.4 Å². The van der Waals surface area contributed by atoms with E-state index in [2.05, 4.69) is 0 Å². The molecule has 1 unspecified atom stereocenters. The fraction of sp³-hybridized carbons (Fsp3) is 0.519. The summed E-state index contributed by atoms with van der Waals surface area (Å²) in [5, 5.41) is 0.0818. The van der Waals surface area contributed by atoms with Crippen molar-refractivity contribution in [3.63, 3.8) is 0 Å². The monoisotopic (exact) mass is 574 g/mol. The first-order valence-corrected chi connectivity index (χ1v) is 13.2. The van der Waals surface area contributed by atoms with Gasteiger partial charge in [-0.3, -0.25) is 4.79 Å². The van der Waals surface area contributed by atoms with Crippen molar-refractivity contribution in [1.29, 1.82) is 0 Å². The molecule has 0 amide bonds. The van der Waals surface area contributed by atoms with E-state index < -0.39 is 43.1 Å². The van der Waals surface area contributed by atoms with Crippen LogP contribution in [0.3, 0.4) is 0 Å². The SMILES string of the molecule is CC(C)COc1cc(OCC(C)C)c(PC(=O)c2c(C(F)(F)F)cccc2C(F)(F)F)c(OCC(C)C)c1.[LiH]. The summed E-state index contributed by atoms with van der Waals surface area (Å²) in [7, 11) is -1.14. The zero-order chi connectivity index (χ0) is 28.8. The standard InChI is InChI=1S/C27H33F6O4P.Li.H/c1-15(2)12-35-18-10-21(36-13-16(3)4)24(22(11-18)37-14-17(5)6)38-25(34)23-19(26(28,29)30)8-7-9-20(23)27(31,32)33;;/h7-11,15-17,38H,12-14H2,1-6H3;;. The Kier molecular flexibility index (Phi) is 13.2. The second-order valence-corrected chi connectivity index (χ2v) is 11.3. The third-order valence-electron chi connectivity index (χ3n) is 4.91. The van der Waals surface area contributed by atoms with Gasteiger partial charge in [0.15, 0.2) is 5.52 Å². The minimum atomic E-state index is -5.17. The second kappa shape index (κ2) is 14.7. The van der Waals surface area contributed by atoms with Crippen molar-refractivity contribution in [2.45, 2.75) is 53.9 Å². The fourth-order valence-electron chi connectivity index (χ4n) is 3.22. The quantitative estimate of drug-likeness (QED) is 0.151. The van der Waals surface area contributed by atoms with Gasteiger partial charge in [-0.25, -0.2) is 0 Å². The van der Waals surface area contributed by atoms with E-state index in [1.165, 1.54) is 12.1 Å². The van der Waals surface area contributed by atoms with Gasteiger partial charge in [-0.2, -0.15) is 26.3 Å². The van der Waals surface area contributed by atoms with Gasteiger partial charge in [-0.05, 0) is 38.5 Å². The predicted molar refractivity (Wildman–Crippen MR) is 143 cm³/mol. The molecule has 0 aliphatic heterocycles. The molecule has 2 aromatic rings. The van der Waals surface area contributed by atoms with Crippen LogP contribution in [0.25, 0.3) is 0 Å². The van der Waals surface area contributed by atoms with Crippen molar-refractivity contribution in [2.24, 2.45) is 17.8 Å². The Balaban J connectivity index is 0.00000760. The number of hydrogen-bond acceptors (Lipinski definition) is 4. The third-order valence-corrected chi connectivity index (χ3v) is 6.13. The summed E-state index contributed by atoms with van der Waals surface area (Å²) in [6, 6.07) is 4.57. The summed E-state index contributed by atoms with van der Waals surface area (Å²) in [5.41, 5.74) is -6.03. The van der Waals surface area contributed by atoms with Gasteiger partial charge in [0.05, 0.1) is 36.3 Å². The molecule has 0 radical (unpaired) electrons. The topological polar surface area (TPSA) is 44.8 Å². The zero-order valence-electron chi connectivity index (χ0n) is 22.1. The maximum atomic E-state index is 13.7. The summed E-state index contributed by atoms with van der Waals surface area (Å²) in [6.07, 6.45) is -10.3. The first-order valence-electron chi connectivity index (χ1n) is 12.2. The Labute approximate surface area is 239 Å². The number of hydrogen-bond donors (Lipinski definition) is 0. The molecule has 4 nitrogen and oxygen atoms in total. The summed E-state index contributed by atoms with van der Waals surface area (Å²) >= 11 is 0. The summed E-state index contributed by atoms with van der Waals surface area (Å²) < 4.78 is 99.8. The van der Waals surface area contributed by atoms with Gasteiger partial charge >= 0.3 is 31.2 Å². The number of carbonyl (C=O) groups is 1. The number of alkyl halides is 6. The predicted octanol–water partition coefficient (Wildman–Crippen LogP) is 7.32. The fourth-order valence-corrected chi connectivity index (χ4v) is 4.38. The average Bonchev–Trinajstić information content (AvgIpc) is 2.79. The Morgan fingerprint density at radius 2 is 1.13 bits per heavy atom. The van der Waals surface area contributed by atoms with E-state index in [1.54, 1.807) is 0 Å². The van der Waals surface area contributed by atoms with Crippen LogP contribution < -0.4 is 19.5 Å². The summed E-state index contributed by atoms with van der Waals surface area (Å²) in [4.78, 5) is 13.3. The molecule has 12 heteroatoms. The van der Waals surface area contributed by atoms with Crippen LogP contribution in [-0.4, -0.2) is 44.2 Å². The first-order chi connectivity index (χ1) is 17.5. The molecule has 0 saturated heterocycles. The normalized spacial score (nSPS) is 12.4. The Hall–Kier alpha value is -1.88.